The molecular formula is C39H40GeIrN4O-2. The molecule has 0 amide bonds. The molecule has 7 heteroatoms. The minimum atomic E-state index is -1.80. The van der Waals surface area contributed by atoms with Gasteiger partial charge in [-0.2, -0.15) is 0 Å². The standard InChI is InChI=1S/C23H20N3O.C16H20GeN.Ir/c1-14-12-13-16-15-8-7-9-17(20(15)27-22(16)24-14)21-25-18-10-5-6-11-19(18)26(21)23(2,3)4;1-5-13-11-16(14-9-7-6-8-10-14)18-12-15(13)17(2,3)4;/h5-8,10-13H,1-4H3;6-9,11-12H,5H2,1-4H3;/q2*-1;. The number of hydrogen-bond donors (Lipinski definition) is 0. The summed E-state index contributed by atoms with van der Waals surface area (Å²) in [5.74, 6) is 8.13. The van der Waals surface area contributed by atoms with Gasteiger partial charge in [0.25, 0.3) is 0 Å². The van der Waals surface area contributed by atoms with Crippen LogP contribution in [0.3, 0.4) is 0 Å². The number of aromatic nitrogens is 4. The summed E-state index contributed by atoms with van der Waals surface area (Å²) in [7, 11) is 0. The van der Waals surface area contributed by atoms with Crippen LogP contribution in [0.15, 0.2) is 89.5 Å². The van der Waals surface area contributed by atoms with Crippen molar-refractivity contribution in [3.05, 3.63) is 108 Å². The number of rotatable bonds is 4. The molecule has 0 fully saturated rings. The number of pyridine rings is 2. The van der Waals surface area contributed by atoms with Crippen molar-refractivity contribution in [1.29, 1.82) is 0 Å². The van der Waals surface area contributed by atoms with Crippen molar-refractivity contribution in [2.24, 2.45) is 0 Å². The van der Waals surface area contributed by atoms with Crippen LogP contribution in [0.25, 0.3) is 55.7 Å². The van der Waals surface area contributed by atoms with Gasteiger partial charge in [-0.15, -0.1) is 18.2 Å². The SMILES string of the molecule is CCc1cc(-c2[c-]cccc2)nc[c]1[Ge]([CH3])([CH3])[CH3].Cc1ccc2c(n1)oc1c(-c3nc4ccccc4n3C(C)(C)C)[c-]ccc12.[Ir]. The van der Waals surface area contributed by atoms with E-state index in [0.29, 0.717) is 5.71 Å². The zero-order valence-corrected chi connectivity index (χ0v) is 32.3. The second-order valence-electron chi connectivity index (χ2n) is 13.5. The Balaban J connectivity index is 0.000000193. The van der Waals surface area contributed by atoms with Gasteiger partial charge in [0.05, 0.1) is 22.4 Å². The van der Waals surface area contributed by atoms with Gasteiger partial charge in [-0.3, -0.25) is 4.98 Å². The quantitative estimate of drug-likeness (QED) is 0.131. The maximum atomic E-state index is 6.19. The number of imidazole rings is 1. The van der Waals surface area contributed by atoms with Gasteiger partial charge in [0.15, 0.2) is 0 Å². The first-order chi connectivity index (χ1) is 21.5. The Kier molecular flexibility index (Phi) is 9.74. The van der Waals surface area contributed by atoms with Crippen molar-refractivity contribution in [3.63, 3.8) is 0 Å². The van der Waals surface area contributed by atoms with Crippen LogP contribution in [-0.4, -0.2) is 32.8 Å². The van der Waals surface area contributed by atoms with E-state index in [4.69, 9.17) is 9.40 Å². The number of hydrogen-bond acceptors (Lipinski definition) is 4. The average Bonchev–Trinajstić information content (AvgIpc) is 3.59. The molecule has 7 rings (SSSR count). The summed E-state index contributed by atoms with van der Waals surface area (Å²) in [6.45, 7) is 10.8. The third-order valence-electron chi connectivity index (χ3n) is 8.06. The Hall–Kier alpha value is -3.58. The van der Waals surface area contributed by atoms with E-state index in [-0.39, 0.29) is 25.6 Å². The monoisotopic (exact) mass is 847 g/mol. The molecule has 237 valence electrons. The largest absolute Gasteiger partial charge is 0.486 e. The second kappa shape index (κ2) is 13.3. The number of furan rings is 1. The molecule has 0 aliphatic rings. The summed E-state index contributed by atoms with van der Waals surface area (Å²) in [5.41, 5.74) is 8.78. The predicted molar refractivity (Wildman–Crippen MR) is 190 cm³/mol. The molecule has 0 N–H and O–H groups in total. The molecule has 0 saturated heterocycles. The maximum Gasteiger partial charge on any atom is 0.216 e. The topological polar surface area (TPSA) is 56.7 Å². The fourth-order valence-corrected chi connectivity index (χ4v) is 9.41. The fraction of sp³-hybridized carbons (Fsp3) is 0.256. The molecular weight excluding hydrogens is 805 g/mol. The van der Waals surface area contributed by atoms with Crippen LogP contribution in [-0.2, 0) is 32.1 Å². The van der Waals surface area contributed by atoms with Gasteiger partial charge in [-0.05, 0) is 52.0 Å². The molecule has 7 aromatic rings. The number of para-hydroxylation sites is 2. The van der Waals surface area contributed by atoms with E-state index in [0.717, 1.165) is 62.1 Å². The van der Waals surface area contributed by atoms with Crippen molar-refractivity contribution >= 4 is 50.8 Å². The first-order valence-electron chi connectivity index (χ1n) is 15.6. The molecule has 0 spiro atoms. The Bertz CT molecular complexity index is 2140. The van der Waals surface area contributed by atoms with Gasteiger partial charge in [0.1, 0.15) is 0 Å². The number of benzene rings is 3. The summed E-state index contributed by atoms with van der Waals surface area (Å²) < 4.78 is 9.98. The van der Waals surface area contributed by atoms with E-state index in [9.17, 15) is 0 Å². The first kappa shape index (κ1) is 33.8. The van der Waals surface area contributed by atoms with Gasteiger partial charge in [0, 0.05) is 36.7 Å². The fourth-order valence-electron chi connectivity index (χ4n) is 5.92. The summed E-state index contributed by atoms with van der Waals surface area (Å²) in [6, 6.07) is 33.2. The summed E-state index contributed by atoms with van der Waals surface area (Å²) in [4.78, 5) is 14.1. The first-order valence-corrected chi connectivity index (χ1v) is 23.0. The smallest absolute Gasteiger partial charge is 0.216 e. The Morgan fingerprint density at radius 2 is 1.63 bits per heavy atom. The van der Waals surface area contributed by atoms with Crippen molar-refractivity contribution in [3.8, 4) is 22.6 Å². The molecule has 0 aliphatic heterocycles. The number of aryl methyl sites for hydroxylation is 2. The molecule has 1 radical (unpaired) electrons. The van der Waals surface area contributed by atoms with Crippen LogP contribution >= 0.6 is 0 Å². The van der Waals surface area contributed by atoms with Crippen LogP contribution < -0.4 is 4.40 Å². The molecule has 4 aromatic heterocycles. The van der Waals surface area contributed by atoms with Gasteiger partial charge in [0.2, 0.25) is 5.71 Å². The molecule has 46 heavy (non-hydrogen) atoms. The molecule has 5 nitrogen and oxygen atoms in total. The molecule has 0 atom stereocenters. The maximum absolute atomic E-state index is 6.19. The van der Waals surface area contributed by atoms with Crippen molar-refractivity contribution in [2.45, 2.75) is 63.8 Å². The third kappa shape index (κ3) is 6.62. The predicted octanol–water partition coefficient (Wildman–Crippen LogP) is 9.52. The van der Waals surface area contributed by atoms with Crippen molar-refractivity contribution < 1.29 is 24.5 Å². The molecule has 0 saturated carbocycles. The van der Waals surface area contributed by atoms with E-state index >= 15 is 0 Å². The van der Waals surface area contributed by atoms with E-state index in [1.807, 2.05) is 61.5 Å². The molecule has 0 unspecified atom stereocenters. The van der Waals surface area contributed by atoms with Gasteiger partial charge >= 0.3 is 113 Å². The minimum Gasteiger partial charge on any atom is -0.486 e. The van der Waals surface area contributed by atoms with E-state index in [1.165, 1.54) is 9.96 Å². The minimum absolute atomic E-state index is 0. The van der Waals surface area contributed by atoms with Crippen molar-refractivity contribution in [2.75, 3.05) is 0 Å². The Morgan fingerprint density at radius 3 is 2.33 bits per heavy atom. The Labute approximate surface area is 288 Å². The van der Waals surface area contributed by atoms with Gasteiger partial charge in [-0.25, -0.2) is 4.98 Å². The molecule has 0 bridgehead atoms. The summed E-state index contributed by atoms with van der Waals surface area (Å²) >= 11 is -1.80. The normalized spacial score (nSPS) is 11.8. The van der Waals surface area contributed by atoms with Crippen LogP contribution in [0.5, 0.6) is 0 Å². The van der Waals surface area contributed by atoms with Crippen LogP contribution in [0.4, 0.5) is 0 Å². The number of fused-ring (bicyclic) bond motifs is 4. The molecule has 3 aromatic carbocycles. The van der Waals surface area contributed by atoms with Gasteiger partial charge in [-0.1, -0.05) is 23.1 Å². The Morgan fingerprint density at radius 1 is 0.870 bits per heavy atom. The molecule has 4 heterocycles. The summed E-state index contributed by atoms with van der Waals surface area (Å²) in [5, 5.41) is 2.06. The molecule has 0 aliphatic carbocycles. The van der Waals surface area contributed by atoms with Crippen LogP contribution in [0.2, 0.25) is 17.3 Å². The van der Waals surface area contributed by atoms with E-state index in [1.54, 1.807) is 0 Å². The zero-order valence-electron chi connectivity index (χ0n) is 27.8. The third-order valence-corrected chi connectivity index (χ3v) is 12.4. The zero-order chi connectivity index (χ0) is 31.9. The number of nitrogens with zero attached hydrogens (tertiary/aromatic N) is 4. The van der Waals surface area contributed by atoms with Gasteiger partial charge < -0.3 is 8.98 Å². The van der Waals surface area contributed by atoms with E-state index in [2.05, 4.69) is 102 Å². The van der Waals surface area contributed by atoms with Crippen LogP contribution in [0.1, 0.15) is 39.0 Å². The average molecular weight is 846 g/mol. The van der Waals surface area contributed by atoms with Crippen molar-refractivity contribution in [1.82, 2.24) is 19.5 Å². The summed E-state index contributed by atoms with van der Waals surface area (Å²) in [6.07, 6.45) is 3.19. The van der Waals surface area contributed by atoms with E-state index < -0.39 is 13.3 Å². The van der Waals surface area contributed by atoms with Crippen LogP contribution in [0, 0.1) is 19.1 Å². The second-order valence-corrected chi connectivity index (χ2v) is 24.1.